The van der Waals surface area contributed by atoms with Gasteiger partial charge in [0.15, 0.2) is 11.5 Å². The summed E-state index contributed by atoms with van der Waals surface area (Å²) in [6.45, 7) is 0.380. The van der Waals surface area contributed by atoms with E-state index in [0.717, 1.165) is 11.3 Å². The molecule has 1 aromatic heterocycles. The molecule has 0 aliphatic carbocycles. The third-order valence-corrected chi connectivity index (χ3v) is 4.40. The first-order chi connectivity index (χ1) is 13.6. The summed E-state index contributed by atoms with van der Waals surface area (Å²) in [7, 11) is 5.09. The average Bonchev–Trinajstić information content (AvgIpc) is 2.77. The molecule has 0 bridgehead atoms. The topological polar surface area (TPSA) is 63.7 Å². The highest BCUT2D eigenvalue weighted by Gasteiger charge is 2.11. The number of anilines is 2. The molecule has 3 aromatic rings. The van der Waals surface area contributed by atoms with Crippen molar-refractivity contribution in [3.8, 4) is 11.5 Å². The van der Waals surface area contributed by atoms with Gasteiger partial charge in [-0.15, -0.1) is 0 Å². The first kappa shape index (κ1) is 19.2. The van der Waals surface area contributed by atoms with Crippen molar-refractivity contribution in [2.24, 2.45) is 0 Å². The number of hydrogen-bond acceptors (Lipinski definition) is 5. The predicted octanol–water partition coefficient (Wildman–Crippen LogP) is 3.80. The average molecular weight is 377 g/mol. The van der Waals surface area contributed by atoms with Crippen LogP contribution >= 0.6 is 0 Å². The van der Waals surface area contributed by atoms with Crippen molar-refractivity contribution < 1.29 is 14.3 Å². The van der Waals surface area contributed by atoms with Crippen LogP contribution < -0.4 is 19.7 Å². The normalized spacial score (nSPS) is 10.2. The lowest BCUT2D eigenvalue weighted by atomic mass is 10.2. The second kappa shape index (κ2) is 8.90. The van der Waals surface area contributed by atoms with Crippen molar-refractivity contribution in [3.05, 3.63) is 78.0 Å². The van der Waals surface area contributed by atoms with E-state index in [0.29, 0.717) is 29.4 Å². The minimum absolute atomic E-state index is 0.167. The standard InChI is InChI=1S/C22H23N3O3/c1-25(18-7-5-4-6-8-18)21-14-17(11-12-23-21)22(26)24-15-16-9-10-19(27-2)20(13-16)28-3/h4-14H,15H2,1-3H3,(H,24,26). The highest BCUT2D eigenvalue weighted by atomic mass is 16.5. The molecular weight excluding hydrogens is 354 g/mol. The summed E-state index contributed by atoms with van der Waals surface area (Å²) in [5, 5.41) is 2.93. The van der Waals surface area contributed by atoms with E-state index in [-0.39, 0.29) is 5.91 Å². The molecule has 1 N–H and O–H groups in total. The van der Waals surface area contributed by atoms with Crippen LogP contribution in [0.15, 0.2) is 66.9 Å². The fraction of sp³-hybridized carbons (Fsp3) is 0.182. The number of benzene rings is 2. The van der Waals surface area contributed by atoms with Gasteiger partial charge in [-0.25, -0.2) is 4.98 Å². The number of carbonyl (C=O) groups is 1. The van der Waals surface area contributed by atoms with E-state index in [1.54, 1.807) is 32.5 Å². The lowest BCUT2D eigenvalue weighted by Crippen LogP contribution is -2.23. The van der Waals surface area contributed by atoms with Crippen LogP contribution in [0.5, 0.6) is 11.5 Å². The number of amides is 1. The van der Waals surface area contributed by atoms with Crippen LogP contribution in [-0.2, 0) is 6.54 Å². The summed E-state index contributed by atoms with van der Waals surface area (Å²) in [6, 6.07) is 18.9. The number of pyridine rings is 1. The Morgan fingerprint density at radius 2 is 1.75 bits per heavy atom. The Bertz CT molecular complexity index is 945. The van der Waals surface area contributed by atoms with Crippen molar-refractivity contribution in [2.45, 2.75) is 6.54 Å². The zero-order chi connectivity index (χ0) is 19.9. The van der Waals surface area contributed by atoms with Crippen molar-refractivity contribution in [2.75, 3.05) is 26.2 Å². The van der Waals surface area contributed by atoms with E-state index in [1.807, 2.05) is 60.5 Å². The maximum Gasteiger partial charge on any atom is 0.251 e. The fourth-order valence-electron chi connectivity index (χ4n) is 2.80. The molecule has 2 aromatic carbocycles. The third-order valence-electron chi connectivity index (χ3n) is 4.40. The van der Waals surface area contributed by atoms with Gasteiger partial charge in [0.05, 0.1) is 14.2 Å². The van der Waals surface area contributed by atoms with E-state index in [4.69, 9.17) is 9.47 Å². The largest absolute Gasteiger partial charge is 0.493 e. The molecule has 28 heavy (non-hydrogen) atoms. The van der Waals surface area contributed by atoms with Gasteiger partial charge in [0, 0.05) is 31.0 Å². The van der Waals surface area contributed by atoms with Gasteiger partial charge in [-0.1, -0.05) is 24.3 Å². The van der Waals surface area contributed by atoms with Crippen molar-refractivity contribution in [1.29, 1.82) is 0 Å². The summed E-state index contributed by atoms with van der Waals surface area (Å²) in [5.41, 5.74) is 2.47. The molecule has 6 nitrogen and oxygen atoms in total. The van der Waals surface area contributed by atoms with Gasteiger partial charge in [-0.2, -0.15) is 0 Å². The van der Waals surface area contributed by atoms with Crippen LogP contribution in [-0.4, -0.2) is 32.2 Å². The molecule has 0 spiro atoms. The molecule has 0 atom stereocenters. The van der Waals surface area contributed by atoms with E-state index >= 15 is 0 Å². The van der Waals surface area contributed by atoms with Gasteiger partial charge in [0.1, 0.15) is 5.82 Å². The van der Waals surface area contributed by atoms with Crippen molar-refractivity contribution >= 4 is 17.4 Å². The number of methoxy groups -OCH3 is 2. The number of nitrogens with one attached hydrogen (secondary N) is 1. The van der Waals surface area contributed by atoms with E-state index in [1.165, 1.54) is 0 Å². The first-order valence-electron chi connectivity index (χ1n) is 8.86. The zero-order valence-electron chi connectivity index (χ0n) is 16.2. The molecule has 144 valence electrons. The summed E-state index contributed by atoms with van der Waals surface area (Å²) in [4.78, 5) is 18.9. The second-order valence-electron chi connectivity index (χ2n) is 6.17. The predicted molar refractivity (Wildman–Crippen MR) is 109 cm³/mol. The molecule has 0 saturated heterocycles. The van der Waals surface area contributed by atoms with Crippen LogP contribution in [0.3, 0.4) is 0 Å². The fourth-order valence-corrected chi connectivity index (χ4v) is 2.80. The SMILES string of the molecule is COc1ccc(CNC(=O)c2ccnc(N(C)c3ccccc3)c2)cc1OC. The van der Waals surface area contributed by atoms with Gasteiger partial charge in [0.2, 0.25) is 0 Å². The highest BCUT2D eigenvalue weighted by Crippen LogP contribution is 2.27. The van der Waals surface area contributed by atoms with Gasteiger partial charge >= 0.3 is 0 Å². The molecule has 0 aliphatic rings. The smallest absolute Gasteiger partial charge is 0.251 e. The number of nitrogens with zero attached hydrogens (tertiary/aromatic N) is 2. The maximum atomic E-state index is 12.6. The number of carbonyl (C=O) groups excluding carboxylic acids is 1. The Kier molecular flexibility index (Phi) is 6.11. The quantitative estimate of drug-likeness (QED) is 0.679. The first-order valence-corrected chi connectivity index (χ1v) is 8.86. The molecule has 1 amide bonds. The number of para-hydroxylation sites is 1. The lowest BCUT2D eigenvalue weighted by molar-refractivity contribution is 0.0951. The zero-order valence-corrected chi connectivity index (χ0v) is 16.2. The second-order valence-corrected chi connectivity index (χ2v) is 6.17. The molecule has 3 rings (SSSR count). The number of rotatable bonds is 7. The van der Waals surface area contributed by atoms with E-state index in [9.17, 15) is 4.79 Å². The molecule has 0 saturated carbocycles. The third kappa shape index (κ3) is 4.40. The van der Waals surface area contributed by atoms with Crippen LogP contribution in [0, 0.1) is 0 Å². The van der Waals surface area contributed by atoms with Crippen LogP contribution in [0.1, 0.15) is 15.9 Å². The number of ether oxygens (including phenoxy) is 2. The maximum absolute atomic E-state index is 12.6. The molecular formula is C22H23N3O3. The Balaban J connectivity index is 1.70. The van der Waals surface area contributed by atoms with Crippen LogP contribution in [0.2, 0.25) is 0 Å². The summed E-state index contributed by atoms with van der Waals surface area (Å²) >= 11 is 0. The van der Waals surface area contributed by atoms with E-state index in [2.05, 4.69) is 10.3 Å². The molecule has 0 aliphatic heterocycles. The minimum atomic E-state index is -0.167. The molecule has 0 radical (unpaired) electrons. The monoisotopic (exact) mass is 377 g/mol. The Hall–Kier alpha value is -3.54. The van der Waals surface area contributed by atoms with Gasteiger partial charge in [0.25, 0.3) is 5.91 Å². The summed E-state index contributed by atoms with van der Waals surface area (Å²) < 4.78 is 10.5. The number of aromatic nitrogens is 1. The van der Waals surface area contributed by atoms with Gasteiger partial charge in [-0.3, -0.25) is 4.79 Å². The van der Waals surface area contributed by atoms with Crippen molar-refractivity contribution in [3.63, 3.8) is 0 Å². The Morgan fingerprint density at radius 1 is 1.00 bits per heavy atom. The highest BCUT2D eigenvalue weighted by molar-refractivity contribution is 5.95. The molecule has 1 heterocycles. The Labute approximate surface area is 164 Å². The number of hydrogen-bond donors (Lipinski definition) is 1. The lowest BCUT2D eigenvalue weighted by Gasteiger charge is -2.18. The molecule has 6 heteroatoms. The van der Waals surface area contributed by atoms with Gasteiger partial charge in [-0.05, 0) is 42.0 Å². The van der Waals surface area contributed by atoms with E-state index < -0.39 is 0 Å². The summed E-state index contributed by atoms with van der Waals surface area (Å²) in [6.07, 6.45) is 1.64. The van der Waals surface area contributed by atoms with Crippen LogP contribution in [0.25, 0.3) is 0 Å². The summed E-state index contributed by atoms with van der Waals surface area (Å²) in [5.74, 6) is 1.81. The Morgan fingerprint density at radius 3 is 2.46 bits per heavy atom. The van der Waals surface area contributed by atoms with Crippen LogP contribution in [0.4, 0.5) is 11.5 Å². The minimum Gasteiger partial charge on any atom is -0.493 e. The molecule has 0 unspecified atom stereocenters. The molecule has 0 fully saturated rings. The van der Waals surface area contributed by atoms with Gasteiger partial charge < -0.3 is 19.7 Å². The van der Waals surface area contributed by atoms with Crippen molar-refractivity contribution in [1.82, 2.24) is 10.3 Å².